The number of H-pyrrole nitrogens is 1. The highest BCUT2D eigenvalue weighted by atomic mass is 16.5. The second kappa shape index (κ2) is 9.48. The normalized spacial score (nSPS) is 15.8. The van der Waals surface area contributed by atoms with E-state index in [1.165, 1.54) is 0 Å². The van der Waals surface area contributed by atoms with Crippen LogP contribution >= 0.6 is 0 Å². The Morgan fingerprint density at radius 2 is 1.97 bits per heavy atom. The number of hydrazone groups is 1. The van der Waals surface area contributed by atoms with Crippen molar-refractivity contribution in [3.8, 4) is 11.3 Å². The monoisotopic (exact) mass is 458 g/mol. The molecule has 2 amide bonds. The number of pyridine rings is 1. The first-order valence-electron chi connectivity index (χ1n) is 11.3. The molecule has 2 N–H and O–H groups in total. The number of morpholine rings is 1. The van der Waals surface area contributed by atoms with E-state index in [1.807, 2.05) is 54.4 Å². The molecular weight excluding hydrogens is 432 g/mol. The molecular formula is C25H26N6O3. The molecule has 0 saturated carbocycles. The number of rotatable bonds is 5. The van der Waals surface area contributed by atoms with Crippen molar-refractivity contribution in [1.29, 1.82) is 0 Å². The predicted molar refractivity (Wildman–Crippen MR) is 129 cm³/mol. The summed E-state index contributed by atoms with van der Waals surface area (Å²) < 4.78 is 5.31. The van der Waals surface area contributed by atoms with Crippen molar-refractivity contribution >= 4 is 23.8 Å². The van der Waals surface area contributed by atoms with Crippen molar-refractivity contribution in [2.75, 3.05) is 44.9 Å². The molecule has 2 aliphatic heterocycles. The molecule has 9 heteroatoms. The van der Waals surface area contributed by atoms with Crippen molar-refractivity contribution in [2.24, 2.45) is 5.10 Å². The molecule has 0 unspecified atom stereocenters. The van der Waals surface area contributed by atoms with Gasteiger partial charge in [0, 0.05) is 61.8 Å². The Morgan fingerprint density at radius 3 is 2.74 bits per heavy atom. The summed E-state index contributed by atoms with van der Waals surface area (Å²) in [5.74, 6) is 0.649. The van der Waals surface area contributed by atoms with Gasteiger partial charge in [-0.2, -0.15) is 5.10 Å². The summed E-state index contributed by atoms with van der Waals surface area (Å²) in [7, 11) is 1.83. The van der Waals surface area contributed by atoms with Crippen LogP contribution in [0.3, 0.4) is 0 Å². The minimum Gasteiger partial charge on any atom is -0.378 e. The number of hydrogen-bond donors (Lipinski definition) is 2. The Balaban J connectivity index is 1.27. The highest BCUT2D eigenvalue weighted by Gasteiger charge is 2.20. The standard InChI is InChI=1S/C25H26N6O3/c1-30(28-16-17-2-4-18(5-3-17)25(33)31-10-12-34-13-11-31)23-14-19(6-8-26-23)22-15-20-21(29-22)7-9-27-24(20)32/h2-6,8,14-16,29H,7,9-13H2,1H3,(H,27,32). The summed E-state index contributed by atoms with van der Waals surface area (Å²) in [4.78, 5) is 34.2. The third-order valence-electron chi connectivity index (χ3n) is 6.03. The van der Waals surface area contributed by atoms with Gasteiger partial charge in [0.15, 0.2) is 0 Å². The molecule has 0 spiro atoms. The van der Waals surface area contributed by atoms with Crippen LogP contribution in [0.25, 0.3) is 11.3 Å². The van der Waals surface area contributed by atoms with Gasteiger partial charge in [0.1, 0.15) is 5.82 Å². The molecule has 5 rings (SSSR count). The summed E-state index contributed by atoms with van der Waals surface area (Å²) in [6, 6.07) is 13.1. The van der Waals surface area contributed by atoms with Gasteiger partial charge >= 0.3 is 0 Å². The molecule has 34 heavy (non-hydrogen) atoms. The minimum absolute atomic E-state index is 0.0217. The predicted octanol–water partition coefficient (Wildman–Crippen LogP) is 2.31. The number of aromatic amines is 1. The van der Waals surface area contributed by atoms with Gasteiger partial charge in [-0.3, -0.25) is 14.6 Å². The Hall–Kier alpha value is -3.98. The number of hydrogen-bond acceptors (Lipinski definition) is 6. The van der Waals surface area contributed by atoms with Gasteiger partial charge in [0.25, 0.3) is 11.8 Å². The Kier molecular flexibility index (Phi) is 6.09. The number of nitrogens with zero attached hydrogens (tertiary/aromatic N) is 4. The van der Waals surface area contributed by atoms with Crippen LogP contribution in [0.4, 0.5) is 5.82 Å². The van der Waals surface area contributed by atoms with Gasteiger partial charge in [-0.15, -0.1) is 0 Å². The molecule has 1 aromatic carbocycles. The van der Waals surface area contributed by atoms with Gasteiger partial charge in [-0.1, -0.05) is 12.1 Å². The molecule has 2 aliphatic rings. The maximum absolute atomic E-state index is 12.6. The van der Waals surface area contributed by atoms with Gasteiger partial charge in [-0.05, 0) is 35.9 Å². The molecule has 0 aliphatic carbocycles. The average molecular weight is 459 g/mol. The molecule has 0 radical (unpaired) electrons. The van der Waals surface area contributed by atoms with E-state index < -0.39 is 0 Å². The molecule has 3 aromatic rings. The van der Waals surface area contributed by atoms with Crippen LogP contribution in [0.15, 0.2) is 53.8 Å². The summed E-state index contributed by atoms with van der Waals surface area (Å²) in [5, 5.41) is 9.05. The SMILES string of the molecule is CN(N=Cc1ccc(C(=O)N2CCOCC2)cc1)c1cc(-c2cc3c([nH]2)CCNC3=O)ccn1. The number of ether oxygens (including phenoxy) is 1. The second-order valence-electron chi connectivity index (χ2n) is 8.28. The quantitative estimate of drug-likeness (QED) is 0.451. The average Bonchev–Trinajstić information content (AvgIpc) is 3.34. The van der Waals surface area contributed by atoms with E-state index in [0.29, 0.717) is 49.8 Å². The van der Waals surface area contributed by atoms with E-state index in [4.69, 9.17) is 4.74 Å². The number of benzene rings is 1. The van der Waals surface area contributed by atoms with Gasteiger partial charge in [0.2, 0.25) is 0 Å². The fourth-order valence-corrected chi connectivity index (χ4v) is 4.09. The van der Waals surface area contributed by atoms with E-state index in [9.17, 15) is 9.59 Å². The first kappa shape index (κ1) is 21.8. The summed E-state index contributed by atoms with van der Waals surface area (Å²) in [5.41, 5.74) is 5.00. The zero-order valence-electron chi connectivity index (χ0n) is 19.0. The van der Waals surface area contributed by atoms with Crippen LogP contribution in [0.5, 0.6) is 0 Å². The van der Waals surface area contributed by atoms with Crippen molar-refractivity contribution in [2.45, 2.75) is 6.42 Å². The molecule has 4 heterocycles. The van der Waals surface area contributed by atoms with E-state index in [0.717, 1.165) is 28.9 Å². The fraction of sp³-hybridized carbons (Fsp3) is 0.280. The summed E-state index contributed by atoms with van der Waals surface area (Å²) >= 11 is 0. The Morgan fingerprint density at radius 1 is 1.18 bits per heavy atom. The molecule has 1 saturated heterocycles. The topological polar surface area (TPSA) is 103 Å². The smallest absolute Gasteiger partial charge is 0.254 e. The van der Waals surface area contributed by atoms with Crippen LogP contribution < -0.4 is 10.3 Å². The number of aromatic nitrogens is 2. The van der Waals surface area contributed by atoms with E-state index in [2.05, 4.69) is 20.4 Å². The Labute approximate surface area is 197 Å². The van der Waals surface area contributed by atoms with Crippen LogP contribution in [-0.4, -0.2) is 72.8 Å². The summed E-state index contributed by atoms with van der Waals surface area (Å²) in [6.07, 6.45) is 4.25. The number of fused-ring (bicyclic) bond motifs is 1. The van der Waals surface area contributed by atoms with Crippen LogP contribution in [0.2, 0.25) is 0 Å². The first-order chi connectivity index (χ1) is 16.6. The molecule has 2 aromatic heterocycles. The van der Waals surface area contributed by atoms with E-state index in [-0.39, 0.29) is 11.8 Å². The molecule has 9 nitrogen and oxygen atoms in total. The molecule has 174 valence electrons. The van der Waals surface area contributed by atoms with Gasteiger partial charge < -0.3 is 19.9 Å². The third-order valence-corrected chi connectivity index (χ3v) is 6.03. The van der Waals surface area contributed by atoms with Gasteiger partial charge in [-0.25, -0.2) is 4.98 Å². The minimum atomic E-state index is -0.0441. The second-order valence-corrected chi connectivity index (χ2v) is 8.28. The highest BCUT2D eigenvalue weighted by Crippen LogP contribution is 2.26. The maximum Gasteiger partial charge on any atom is 0.254 e. The van der Waals surface area contributed by atoms with Crippen LogP contribution in [-0.2, 0) is 11.2 Å². The number of anilines is 1. The van der Waals surface area contributed by atoms with E-state index >= 15 is 0 Å². The van der Waals surface area contributed by atoms with Crippen molar-refractivity contribution in [3.63, 3.8) is 0 Å². The van der Waals surface area contributed by atoms with Crippen molar-refractivity contribution < 1.29 is 14.3 Å². The largest absolute Gasteiger partial charge is 0.378 e. The molecule has 0 bridgehead atoms. The third kappa shape index (κ3) is 4.55. The fourth-order valence-electron chi connectivity index (χ4n) is 4.09. The zero-order valence-corrected chi connectivity index (χ0v) is 19.0. The number of carbonyl (C=O) groups is 2. The summed E-state index contributed by atoms with van der Waals surface area (Å²) in [6.45, 7) is 3.06. The lowest BCUT2D eigenvalue weighted by atomic mass is 10.1. The number of amides is 2. The van der Waals surface area contributed by atoms with Crippen LogP contribution in [0, 0.1) is 0 Å². The van der Waals surface area contributed by atoms with Gasteiger partial charge in [0.05, 0.1) is 25.0 Å². The zero-order chi connectivity index (χ0) is 23.5. The van der Waals surface area contributed by atoms with Crippen molar-refractivity contribution in [3.05, 3.63) is 71.0 Å². The Bertz CT molecular complexity index is 1230. The molecule has 1 fully saturated rings. The van der Waals surface area contributed by atoms with Crippen LogP contribution in [0.1, 0.15) is 32.0 Å². The lowest BCUT2D eigenvalue weighted by Gasteiger charge is -2.26. The highest BCUT2D eigenvalue weighted by molar-refractivity contribution is 5.98. The lowest BCUT2D eigenvalue weighted by Crippen LogP contribution is -2.40. The lowest BCUT2D eigenvalue weighted by molar-refractivity contribution is 0.0303. The number of nitrogens with one attached hydrogen (secondary N) is 2. The maximum atomic E-state index is 12.6. The first-order valence-corrected chi connectivity index (χ1v) is 11.3. The van der Waals surface area contributed by atoms with Crippen molar-refractivity contribution in [1.82, 2.24) is 20.2 Å². The number of carbonyl (C=O) groups excluding carboxylic acids is 2. The van der Waals surface area contributed by atoms with E-state index in [1.54, 1.807) is 17.4 Å². The molecule has 0 atom stereocenters.